The van der Waals surface area contributed by atoms with E-state index in [-0.39, 0.29) is 16.4 Å². The maximum atomic E-state index is 13.0. The first-order chi connectivity index (χ1) is 14.0. The van der Waals surface area contributed by atoms with Gasteiger partial charge < -0.3 is 5.32 Å². The van der Waals surface area contributed by atoms with Crippen molar-refractivity contribution in [2.75, 3.05) is 18.4 Å². The molecule has 9 heteroatoms. The van der Waals surface area contributed by atoms with Crippen molar-refractivity contribution in [1.82, 2.24) is 19.1 Å². The molecular formula is C20H23N5O3S. The number of nitrogens with one attached hydrogen (secondary N) is 1. The molecule has 1 saturated heterocycles. The van der Waals surface area contributed by atoms with Crippen LogP contribution < -0.4 is 5.32 Å². The van der Waals surface area contributed by atoms with E-state index in [0.29, 0.717) is 24.4 Å². The second-order valence-electron chi connectivity index (χ2n) is 7.16. The lowest BCUT2D eigenvalue weighted by Gasteiger charge is -2.20. The summed E-state index contributed by atoms with van der Waals surface area (Å²) in [6.07, 6.45) is 7.05. The fourth-order valence-corrected chi connectivity index (χ4v) is 5.14. The summed E-state index contributed by atoms with van der Waals surface area (Å²) >= 11 is 0. The van der Waals surface area contributed by atoms with Gasteiger partial charge in [-0.05, 0) is 37.1 Å². The monoisotopic (exact) mass is 413 g/mol. The number of aryl methyl sites for hydroxylation is 1. The van der Waals surface area contributed by atoms with Crippen molar-refractivity contribution in [1.29, 1.82) is 0 Å². The number of sulfonamides is 1. The largest absolute Gasteiger partial charge is 0.321 e. The number of rotatable bonds is 4. The van der Waals surface area contributed by atoms with Crippen LogP contribution in [0.2, 0.25) is 0 Å². The number of hydrogen-bond acceptors (Lipinski definition) is 5. The number of nitrogens with zero attached hydrogens (tertiary/aromatic N) is 4. The van der Waals surface area contributed by atoms with Crippen LogP contribution in [0.25, 0.3) is 11.0 Å². The minimum Gasteiger partial charge on any atom is -0.321 e. The molecule has 2 aromatic heterocycles. The van der Waals surface area contributed by atoms with Gasteiger partial charge in [0.1, 0.15) is 0 Å². The fraction of sp³-hybridized carbons (Fsp3) is 0.350. The molecule has 3 heterocycles. The van der Waals surface area contributed by atoms with Crippen LogP contribution in [0.3, 0.4) is 0 Å². The highest BCUT2D eigenvalue weighted by Crippen LogP contribution is 2.23. The van der Waals surface area contributed by atoms with Crippen molar-refractivity contribution < 1.29 is 13.2 Å². The molecule has 0 spiro atoms. The Labute approximate surface area is 169 Å². The summed E-state index contributed by atoms with van der Waals surface area (Å²) in [5.74, 6) is -0.380. The molecule has 0 unspecified atom stereocenters. The normalized spacial score (nSPS) is 15.9. The molecule has 1 amide bonds. The van der Waals surface area contributed by atoms with Gasteiger partial charge in [-0.25, -0.2) is 13.4 Å². The van der Waals surface area contributed by atoms with Gasteiger partial charge in [0.25, 0.3) is 5.91 Å². The van der Waals surface area contributed by atoms with Gasteiger partial charge >= 0.3 is 0 Å². The van der Waals surface area contributed by atoms with Crippen molar-refractivity contribution >= 4 is 32.7 Å². The van der Waals surface area contributed by atoms with E-state index in [1.54, 1.807) is 48.4 Å². The topological polar surface area (TPSA) is 97.2 Å². The van der Waals surface area contributed by atoms with E-state index in [2.05, 4.69) is 15.4 Å². The van der Waals surface area contributed by atoms with E-state index in [1.807, 2.05) is 0 Å². The summed E-state index contributed by atoms with van der Waals surface area (Å²) in [6, 6.07) is 7.89. The number of pyridine rings is 1. The molecule has 0 atom stereocenters. The Balaban J connectivity index is 1.60. The smallest absolute Gasteiger partial charge is 0.255 e. The number of hydrogen-bond donors (Lipinski definition) is 1. The first-order valence-electron chi connectivity index (χ1n) is 9.65. The van der Waals surface area contributed by atoms with Gasteiger partial charge in [-0.1, -0.05) is 18.9 Å². The molecule has 4 rings (SSSR count). The zero-order valence-corrected chi connectivity index (χ0v) is 17.0. The minimum atomic E-state index is -3.62. The van der Waals surface area contributed by atoms with E-state index in [9.17, 15) is 13.2 Å². The SMILES string of the molecule is Cn1ncc2c(NC(=O)c3cccc(S(=O)(=O)N4CCCCCC4)c3)ccnc21. The molecule has 3 aromatic rings. The third kappa shape index (κ3) is 3.88. The van der Waals surface area contributed by atoms with Crippen LogP contribution >= 0.6 is 0 Å². The van der Waals surface area contributed by atoms with Crippen LogP contribution in [0.1, 0.15) is 36.0 Å². The second-order valence-corrected chi connectivity index (χ2v) is 9.10. The molecule has 0 aliphatic carbocycles. The van der Waals surface area contributed by atoms with Crippen LogP contribution in [0.4, 0.5) is 5.69 Å². The average Bonchev–Trinajstić information content (AvgIpc) is 2.93. The molecule has 152 valence electrons. The van der Waals surface area contributed by atoms with E-state index in [4.69, 9.17) is 0 Å². The molecule has 1 N–H and O–H groups in total. The van der Waals surface area contributed by atoms with Crippen molar-refractivity contribution in [3.63, 3.8) is 0 Å². The summed E-state index contributed by atoms with van der Waals surface area (Å²) in [7, 11) is -1.84. The van der Waals surface area contributed by atoms with E-state index in [1.165, 1.54) is 10.4 Å². The molecule has 1 fully saturated rings. The van der Waals surface area contributed by atoms with Gasteiger partial charge in [0, 0.05) is 31.9 Å². The molecule has 1 aliphatic rings. The molecule has 1 aliphatic heterocycles. The highest BCUT2D eigenvalue weighted by molar-refractivity contribution is 7.89. The Kier molecular flexibility index (Phi) is 5.33. The highest BCUT2D eigenvalue weighted by Gasteiger charge is 2.26. The minimum absolute atomic E-state index is 0.147. The predicted molar refractivity (Wildman–Crippen MR) is 110 cm³/mol. The molecular weight excluding hydrogens is 390 g/mol. The van der Waals surface area contributed by atoms with E-state index in [0.717, 1.165) is 31.1 Å². The first kappa shape index (κ1) is 19.5. The summed E-state index contributed by atoms with van der Waals surface area (Å²) in [5, 5.41) is 7.72. The number of aromatic nitrogens is 3. The predicted octanol–water partition coefficient (Wildman–Crippen LogP) is 2.79. The lowest BCUT2D eigenvalue weighted by Crippen LogP contribution is -2.32. The fourth-order valence-electron chi connectivity index (χ4n) is 3.58. The summed E-state index contributed by atoms with van der Waals surface area (Å²) in [6.45, 7) is 1.05. The van der Waals surface area contributed by atoms with E-state index < -0.39 is 10.0 Å². The summed E-state index contributed by atoms with van der Waals surface area (Å²) < 4.78 is 29.2. The number of anilines is 1. The zero-order chi connectivity index (χ0) is 20.4. The number of amides is 1. The van der Waals surface area contributed by atoms with Gasteiger partial charge in [0.15, 0.2) is 5.65 Å². The van der Waals surface area contributed by atoms with Crippen LogP contribution in [0.5, 0.6) is 0 Å². The Hall–Kier alpha value is -2.78. The third-order valence-corrected chi connectivity index (χ3v) is 7.08. The van der Waals surface area contributed by atoms with Crippen molar-refractivity contribution in [2.24, 2.45) is 7.05 Å². The maximum Gasteiger partial charge on any atom is 0.255 e. The number of carbonyl (C=O) groups excluding carboxylic acids is 1. The standard InChI is InChI=1S/C20H23N5O3S/c1-24-19-17(14-22-24)18(9-10-21-19)23-20(26)15-7-6-8-16(13-15)29(27,28)25-11-4-2-3-5-12-25/h6-10,13-14H,2-5,11-12H2,1H3,(H,21,23,26). The quantitative estimate of drug-likeness (QED) is 0.709. The van der Waals surface area contributed by atoms with Gasteiger partial charge in [-0.15, -0.1) is 0 Å². The van der Waals surface area contributed by atoms with Crippen LogP contribution in [0, 0.1) is 0 Å². The Bertz CT molecular complexity index is 1150. The number of benzene rings is 1. The Morgan fingerprint density at radius 2 is 1.86 bits per heavy atom. The second kappa shape index (κ2) is 7.92. The number of carbonyl (C=O) groups is 1. The summed E-state index contributed by atoms with van der Waals surface area (Å²) in [5.41, 5.74) is 1.52. The van der Waals surface area contributed by atoms with Crippen LogP contribution in [-0.4, -0.2) is 46.5 Å². The van der Waals surface area contributed by atoms with Crippen LogP contribution in [0.15, 0.2) is 47.6 Å². The lowest BCUT2D eigenvalue weighted by molar-refractivity contribution is 0.102. The Morgan fingerprint density at radius 3 is 2.62 bits per heavy atom. The van der Waals surface area contributed by atoms with Crippen molar-refractivity contribution in [3.8, 4) is 0 Å². The third-order valence-electron chi connectivity index (χ3n) is 5.18. The summed E-state index contributed by atoms with van der Waals surface area (Å²) in [4.78, 5) is 17.2. The van der Waals surface area contributed by atoms with Gasteiger partial charge in [-0.2, -0.15) is 9.40 Å². The van der Waals surface area contributed by atoms with Gasteiger partial charge in [0.05, 0.1) is 22.2 Å². The maximum absolute atomic E-state index is 13.0. The highest BCUT2D eigenvalue weighted by atomic mass is 32.2. The van der Waals surface area contributed by atoms with Gasteiger partial charge in [-0.3, -0.25) is 9.48 Å². The van der Waals surface area contributed by atoms with Crippen LogP contribution in [-0.2, 0) is 17.1 Å². The van der Waals surface area contributed by atoms with Gasteiger partial charge in [0.2, 0.25) is 10.0 Å². The average molecular weight is 414 g/mol. The van der Waals surface area contributed by atoms with Crippen molar-refractivity contribution in [2.45, 2.75) is 30.6 Å². The lowest BCUT2D eigenvalue weighted by atomic mass is 10.2. The molecule has 8 nitrogen and oxygen atoms in total. The van der Waals surface area contributed by atoms with Crippen molar-refractivity contribution in [3.05, 3.63) is 48.3 Å². The molecule has 0 radical (unpaired) electrons. The zero-order valence-electron chi connectivity index (χ0n) is 16.2. The molecule has 0 bridgehead atoms. The first-order valence-corrected chi connectivity index (χ1v) is 11.1. The Morgan fingerprint density at radius 1 is 1.10 bits per heavy atom. The van der Waals surface area contributed by atoms with E-state index >= 15 is 0 Å². The number of fused-ring (bicyclic) bond motifs is 1. The molecule has 1 aromatic carbocycles. The molecule has 0 saturated carbocycles. The molecule has 29 heavy (non-hydrogen) atoms.